The third-order valence-electron chi connectivity index (χ3n) is 5.13. The molecule has 2 aromatic heterocycles. The molecule has 7 heteroatoms. The van der Waals surface area contributed by atoms with Gasteiger partial charge in [0, 0.05) is 25.8 Å². The topological polar surface area (TPSA) is 66.0 Å². The van der Waals surface area contributed by atoms with Crippen LogP contribution in [0.5, 0.6) is 0 Å². The molecule has 1 saturated heterocycles. The van der Waals surface area contributed by atoms with Gasteiger partial charge in [-0.3, -0.25) is 0 Å². The Labute approximate surface area is 140 Å². The van der Waals surface area contributed by atoms with E-state index in [9.17, 15) is 4.39 Å². The van der Waals surface area contributed by atoms with Gasteiger partial charge < -0.3 is 15.5 Å². The molecule has 0 spiro atoms. The van der Waals surface area contributed by atoms with Gasteiger partial charge in [0.05, 0.1) is 11.4 Å². The summed E-state index contributed by atoms with van der Waals surface area (Å²) in [6, 6.07) is -0.285. The van der Waals surface area contributed by atoms with Crippen molar-refractivity contribution in [1.29, 1.82) is 0 Å². The number of aromatic nitrogens is 3. The highest BCUT2D eigenvalue weighted by atomic mass is 19.1. The summed E-state index contributed by atoms with van der Waals surface area (Å²) in [6.45, 7) is 3.21. The minimum Gasteiger partial charge on any atom is -0.372 e. The number of fused-ring (bicyclic) bond motifs is 2. The first-order valence-corrected chi connectivity index (χ1v) is 8.54. The van der Waals surface area contributed by atoms with Crippen LogP contribution in [-0.2, 0) is 12.8 Å². The molecule has 24 heavy (non-hydrogen) atoms. The van der Waals surface area contributed by atoms with Gasteiger partial charge in [-0.05, 0) is 44.4 Å². The van der Waals surface area contributed by atoms with Crippen molar-refractivity contribution in [3.8, 4) is 0 Å². The third-order valence-corrected chi connectivity index (χ3v) is 5.13. The zero-order valence-electron chi connectivity index (χ0n) is 14.4. The predicted octanol–water partition coefficient (Wildman–Crippen LogP) is 1.93. The molecule has 1 aliphatic carbocycles. The summed E-state index contributed by atoms with van der Waals surface area (Å²) in [5.41, 5.74) is 4.39. The standard InChI is InChI=1S/C17H23FN6/c1-9-10-5-4-6-12(10)20-16-14(9)15(19-2)22-17(23-16)21-13-8-24(3)7-11(13)18/h11,13H,4-8H2,1-3H3,(H2,19,20,21,22,23)/t11-,13+/m1/s1. The average molecular weight is 330 g/mol. The number of hydrogen-bond donors (Lipinski definition) is 2. The molecule has 0 saturated carbocycles. The fourth-order valence-corrected chi connectivity index (χ4v) is 3.91. The number of rotatable bonds is 3. The summed E-state index contributed by atoms with van der Waals surface area (Å²) in [5, 5.41) is 7.28. The van der Waals surface area contributed by atoms with E-state index in [1.165, 1.54) is 11.1 Å². The van der Waals surface area contributed by atoms with Crippen molar-refractivity contribution in [2.75, 3.05) is 37.8 Å². The minimum absolute atomic E-state index is 0.285. The van der Waals surface area contributed by atoms with Crippen LogP contribution in [0.1, 0.15) is 23.2 Å². The highest BCUT2D eigenvalue weighted by molar-refractivity contribution is 5.91. The number of likely N-dealkylation sites (N-methyl/N-ethyl adjacent to an activating group) is 1. The Morgan fingerprint density at radius 3 is 2.71 bits per heavy atom. The molecule has 2 atom stereocenters. The van der Waals surface area contributed by atoms with E-state index in [4.69, 9.17) is 4.98 Å². The van der Waals surface area contributed by atoms with Crippen molar-refractivity contribution in [3.63, 3.8) is 0 Å². The molecule has 0 aromatic carbocycles. The molecule has 2 N–H and O–H groups in total. The van der Waals surface area contributed by atoms with Gasteiger partial charge in [0.2, 0.25) is 5.95 Å². The number of nitrogens with zero attached hydrogens (tertiary/aromatic N) is 4. The highest BCUT2D eigenvalue weighted by Gasteiger charge is 2.31. The summed E-state index contributed by atoms with van der Waals surface area (Å²) in [4.78, 5) is 15.9. The van der Waals surface area contributed by atoms with Crippen molar-refractivity contribution in [1.82, 2.24) is 19.9 Å². The number of aryl methyl sites for hydroxylation is 2. The molecule has 0 radical (unpaired) electrons. The zero-order chi connectivity index (χ0) is 16.8. The van der Waals surface area contributed by atoms with Crippen molar-refractivity contribution in [3.05, 3.63) is 16.8 Å². The molecule has 0 amide bonds. The molecular formula is C17H23FN6. The zero-order valence-corrected chi connectivity index (χ0v) is 14.4. The van der Waals surface area contributed by atoms with E-state index < -0.39 is 6.17 Å². The quantitative estimate of drug-likeness (QED) is 0.896. The van der Waals surface area contributed by atoms with E-state index in [0.29, 0.717) is 24.7 Å². The maximum Gasteiger partial charge on any atom is 0.227 e. The third kappa shape index (κ3) is 2.47. The molecule has 4 rings (SSSR count). The van der Waals surface area contributed by atoms with Crippen LogP contribution in [0.2, 0.25) is 0 Å². The molecule has 1 fully saturated rings. The Morgan fingerprint density at radius 1 is 1.17 bits per heavy atom. The lowest BCUT2D eigenvalue weighted by Gasteiger charge is -2.17. The van der Waals surface area contributed by atoms with E-state index in [1.54, 1.807) is 0 Å². The molecule has 3 heterocycles. The first-order valence-electron chi connectivity index (χ1n) is 8.54. The second-order valence-electron chi connectivity index (χ2n) is 6.85. The van der Waals surface area contributed by atoms with Gasteiger partial charge in [-0.2, -0.15) is 9.97 Å². The smallest absolute Gasteiger partial charge is 0.227 e. The Kier molecular flexibility index (Phi) is 3.75. The lowest BCUT2D eigenvalue weighted by Crippen LogP contribution is -2.30. The largest absolute Gasteiger partial charge is 0.372 e. The van der Waals surface area contributed by atoms with Crippen LogP contribution in [0.4, 0.5) is 16.2 Å². The van der Waals surface area contributed by atoms with E-state index in [2.05, 4.69) is 27.5 Å². The first kappa shape index (κ1) is 15.5. The van der Waals surface area contributed by atoms with Gasteiger partial charge in [0.1, 0.15) is 12.0 Å². The molecule has 2 aromatic rings. The normalized spacial score (nSPS) is 23.7. The van der Waals surface area contributed by atoms with Crippen molar-refractivity contribution in [2.24, 2.45) is 0 Å². The fourth-order valence-electron chi connectivity index (χ4n) is 3.91. The Bertz CT molecular complexity index is 792. The SMILES string of the molecule is CNc1nc(N[C@H]2CN(C)C[C@H]2F)nc2nc3c(c(C)c12)CCC3. The molecule has 1 aliphatic heterocycles. The molecular weight excluding hydrogens is 307 g/mol. The highest BCUT2D eigenvalue weighted by Crippen LogP contribution is 2.32. The van der Waals surface area contributed by atoms with Gasteiger partial charge >= 0.3 is 0 Å². The Morgan fingerprint density at radius 2 is 2.00 bits per heavy atom. The van der Waals surface area contributed by atoms with Gasteiger partial charge in [-0.1, -0.05) is 0 Å². The van der Waals surface area contributed by atoms with Crippen LogP contribution in [0.3, 0.4) is 0 Å². The number of likely N-dealkylation sites (tertiary alicyclic amines) is 1. The van der Waals surface area contributed by atoms with E-state index in [-0.39, 0.29) is 6.04 Å². The lowest BCUT2D eigenvalue weighted by molar-refractivity contribution is 0.314. The summed E-state index contributed by atoms with van der Waals surface area (Å²) in [5.74, 6) is 1.20. The van der Waals surface area contributed by atoms with Crippen molar-refractivity contribution < 1.29 is 4.39 Å². The van der Waals surface area contributed by atoms with Crippen LogP contribution in [-0.4, -0.2) is 59.3 Å². The van der Waals surface area contributed by atoms with Crippen molar-refractivity contribution in [2.45, 2.75) is 38.4 Å². The number of alkyl halides is 1. The average Bonchev–Trinajstić information content (AvgIpc) is 3.13. The Hall–Kier alpha value is -2.02. The lowest BCUT2D eigenvalue weighted by atomic mass is 10.1. The monoisotopic (exact) mass is 330 g/mol. The number of pyridine rings is 1. The second kappa shape index (κ2) is 5.81. The molecule has 128 valence electrons. The molecule has 0 unspecified atom stereocenters. The van der Waals surface area contributed by atoms with Crippen LogP contribution in [0.25, 0.3) is 11.0 Å². The van der Waals surface area contributed by atoms with E-state index in [1.807, 2.05) is 19.0 Å². The number of nitrogens with one attached hydrogen (secondary N) is 2. The number of hydrogen-bond acceptors (Lipinski definition) is 6. The maximum atomic E-state index is 14.1. The second-order valence-corrected chi connectivity index (χ2v) is 6.85. The van der Waals surface area contributed by atoms with Crippen LogP contribution in [0, 0.1) is 6.92 Å². The van der Waals surface area contributed by atoms with Crippen LogP contribution < -0.4 is 10.6 Å². The van der Waals surface area contributed by atoms with Crippen LogP contribution in [0.15, 0.2) is 0 Å². The van der Waals surface area contributed by atoms with Crippen LogP contribution >= 0.6 is 0 Å². The molecule has 0 bridgehead atoms. The van der Waals surface area contributed by atoms with Gasteiger partial charge in [0.25, 0.3) is 0 Å². The van der Waals surface area contributed by atoms with Gasteiger partial charge in [0.15, 0.2) is 5.65 Å². The summed E-state index contributed by atoms with van der Waals surface area (Å²) < 4.78 is 14.1. The molecule has 2 aliphatic rings. The summed E-state index contributed by atoms with van der Waals surface area (Å²) in [7, 11) is 3.77. The Balaban J connectivity index is 1.77. The maximum absolute atomic E-state index is 14.1. The van der Waals surface area contributed by atoms with E-state index >= 15 is 0 Å². The fraction of sp³-hybridized carbons (Fsp3) is 0.588. The minimum atomic E-state index is -0.915. The molecule has 6 nitrogen and oxygen atoms in total. The summed E-state index contributed by atoms with van der Waals surface area (Å²) >= 11 is 0. The van der Waals surface area contributed by atoms with E-state index in [0.717, 1.165) is 36.2 Å². The number of halogens is 1. The number of anilines is 2. The first-order chi connectivity index (χ1) is 11.6. The van der Waals surface area contributed by atoms with Gasteiger partial charge in [-0.25, -0.2) is 9.37 Å². The van der Waals surface area contributed by atoms with Crippen molar-refractivity contribution >= 4 is 22.8 Å². The summed E-state index contributed by atoms with van der Waals surface area (Å²) in [6.07, 6.45) is 2.31. The predicted molar refractivity (Wildman–Crippen MR) is 93.4 cm³/mol. The van der Waals surface area contributed by atoms with Gasteiger partial charge in [-0.15, -0.1) is 0 Å².